The summed E-state index contributed by atoms with van der Waals surface area (Å²) in [4.78, 5) is 0. The summed E-state index contributed by atoms with van der Waals surface area (Å²) in [7, 11) is 1.64. The van der Waals surface area contributed by atoms with Crippen molar-refractivity contribution in [2.75, 3.05) is 13.7 Å². The van der Waals surface area contributed by atoms with Crippen molar-refractivity contribution in [3.63, 3.8) is 0 Å². The molecule has 0 amide bonds. The fourth-order valence-corrected chi connectivity index (χ4v) is 1.72. The monoisotopic (exact) mass is 209 g/mol. The van der Waals surface area contributed by atoms with Crippen LogP contribution in [-0.4, -0.2) is 24.9 Å². The number of benzene rings is 1. The van der Waals surface area contributed by atoms with Crippen LogP contribution >= 0.6 is 0 Å². The maximum atomic E-state index is 8.97. The summed E-state index contributed by atoms with van der Waals surface area (Å²) in [6.45, 7) is 2.13. The Balaban J connectivity index is 2.81. The molecule has 0 bridgehead atoms. The van der Waals surface area contributed by atoms with E-state index in [0.717, 1.165) is 11.3 Å². The van der Waals surface area contributed by atoms with Gasteiger partial charge in [0.05, 0.1) is 7.11 Å². The molecule has 0 saturated carbocycles. The first-order valence-corrected chi connectivity index (χ1v) is 5.19. The smallest absolute Gasteiger partial charge is 0.118 e. The van der Waals surface area contributed by atoms with E-state index in [0.29, 0.717) is 6.42 Å². The average Bonchev–Trinajstić information content (AvgIpc) is 2.26. The highest BCUT2D eigenvalue weighted by atomic mass is 16.5. The number of nitrogens with two attached hydrogens (primary N) is 1. The number of aliphatic hydroxyl groups is 1. The van der Waals surface area contributed by atoms with Gasteiger partial charge in [-0.3, -0.25) is 0 Å². The molecule has 0 radical (unpaired) electrons. The lowest BCUT2D eigenvalue weighted by Gasteiger charge is -2.20. The highest BCUT2D eigenvalue weighted by Gasteiger charge is 2.15. The second-order valence-corrected chi connectivity index (χ2v) is 3.75. The minimum Gasteiger partial charge on any atom is -0.497 e. The molecular weight excluding hydrogens is 190 g/mol. The van der Waals surface area contributed by atoms with E-state index in [2.05, 4.69) is 0 Å². The molecule has 1 rings (SSSR count). The van der Waals surface area contributed by atoms with Crippen molar-refractivity contribution in [3.8, 4) is 5.75 Å². The van der Waals surface area contributed by atoms with E-state index >= 15 is 0 Å². The van der Waals surface area contributed by atoms with Gasteiger partial charge in [-0.2, -0.15) is 0 Å². The van der Waals surface area contributed by atoms with Gasteiger partial charge < -0.3 is 15.6 Å². The van der Waals surface area contributed by atoms with E-state index in [1.54, 1.807) is 7.11 Å². The topological polar surface area (TPSA) is 55.5 Å². The molecule has 3 nitrogen and oxygen atoms in total. The largest absolute Gasteiger partial charge is 0.497 e. The van der Waals surface area contributed by atoms with Gasteiger partial charge in [-0.15, -0.1) is 0 Å². The van der Waals surface area contributed by atoms with Gasteiger partial charge in [0.1, 0.15) is 5.75 Å². The van der Waals surface area contributed by atoms with Crippen molar-refractivity contribution in [1.82, 2.24) is 0 Å². The van der Waals surface area contributed by atoms with Crippen molar-refractivity contribution >= 4 is 0 Å². The van der Waals surface area contributed by atoms with Gasteiger partial charge in [0.25, 0.3) is 0 Å². The van der Waals surface area contributed by atoms with E-state index in [1.807, 2.05) is 31.2 Å². The minimum absolute atomic E-state index is 0.0468. The van der Waals surface area contributed by atoms with Crippen molar-refractivity contribution in [2.24, 2.45) is 5.73 Å². The van der Waals surface area contributed by atoms with Crippen molar-refractivity contribution in [1.29, 1.82) is 0 Å². The second kappa shape index (κ2) is 5.73. The van der Waals surface area contributed by atoms with Crippen LogP contribution in [0.2, 0.25) is 0 Å². The molecule has 0 fully saturated rings. The number of methoxy groups -OCH3 is 1. The Labute approximate surface area is 90.9 Å². The van der Waals surface area contributed by atoms with Crippen LogP contribution in [0, 0.1) is 0 Å². The maximum absolute atomic E-state index is 8.97. The summed E-state index contributed by atoms with van der Waals surface area (Å²) >= 11 is 0. The van der Waals surface area contributed by atoms with Crippen LogP contribution in [0.25, 0.3) is 0 Å². The highest BCUT2D eigenvalue weighted by molar-refractivity contribution is 5.30. The van der Waals surface area contributed by atoms with Crippen molar-refractivity contribution < 1.29 is 9.84 Å². The number of ether oxygens (including phenoxy) is 1. The standard InChI is InChI=1S/C12H19NO2/c1-9(13)12(7-8-14)10-3-5-11(15-2)6-4-10/h3-6,9,12,14H,7-8,13H2,1-2H3. The van der Waals surface area contributed by atoms with Gasteiger partial charge in [0.15, 0.2) is 0 Å². The Morgan fingerprint density at radius 2 is 1.93 bits per heavy atom. The molecule has 1 aromatic rings. The first-order chi connectivity index (χ1) is 7.19. The summed E-state index contributed by atoms with van der Waals surface area (Å²) in [6.07, 6.45) is 0.698. The summed E-state index contributed by atoms with van der Waals surface area (Å²) in [5.74, 6) is 1.05. The molecule has 0 spiro atoms. The number of rotatable bonds is 5. The number of hydrogen-bond acceptors (Lipinski definition) is 3. The van der Waals surface area contributed by atoms with E-state index in [-0.39, 0.29) is 18.6 Å². The normalized spacial score (nSPS) is 14.7. The predicted octanol–water partition coefficient (Wildman–Crippen LogP) is 1.51. The third-order valence-electron chi connectivity index (χ3n) is 2.62. The fraction of sp³-hybridized carbons (Fsp3) is 0.500. The SMILES string of the molecule is COc1ccc(C(CCO)C(C)N)cc1. The average molecular weight is 209 g/mol. The molecule has 15 heavy (non-hydrogen) atoms. The Morgan fingerprint density at radius 3 is 2.33 bits per heavy atom. The zero-order valence-corrected chi connectivity index (χ0v) is 9.31. The maximum Gasteiger partial charge on any atom is 0.118 e. The number of aliphatic hydroxyl groups excluding tert-OH is 1. The first kappa shape index (κ1) is 12.0. The van der Waals surface area contributed by atoms with Crippen LogP contribution in [-0.2, 0) is 0 Å². The Bertz CT molecular complexity index is 282. The second-order valence-electron chi connectivity index (χ2n) is 3.75. The molecule has 0 aromatic heterocycles. The lowest BCUT2D eigenvalue weighted by Crippen LogP contribution is -2.25. The predicted molar refractivity (Wildman–Crippen MR) is 61.1 cm³/mol. The molecule has 3 N–H and O–H groups in total. The van der Waals surface area contributed by atoms with Crippen LogP contribution in [0.3, 0.4) is 0 Å². The zero-order chi connectivity index (χ0) is 11.3. The molecule has 2 atom stereocenters. The van der Waals surface area contributed by atoms with Crippen LogP contribution in [0.15, 0.2) is 24.3 Å². The van der Waals surface area contributed by atoms with Crippen molar-refractivity contribution in [2.45, 2.75) is 25.3 Å². The number of hydrogen-bond donors (Lipinski definition) is 2. The van der Waals surface area contributed by atoms with Gasteiger partial charge in [-0.1, -0.05) is 12.1 Å². The third kappa shape index (κ3) is 3.22. The Kier molecular flexibility index (Phi) is 4.59. The summed E-state index contributed by atoms with van der Waals surface area (Å²) in [6, 6.07) is 7.89. The zero-order valence-electron chi connectivity index (χ0n) is 9.31. The van der Waals surface area contributed by atoms with Gasteiger partial charge in [-0.25, -0.2) is 0 Å². The van der Waals surface area contributed by atoms with Crippen LogP contribution in [0.1, 0.15) is 24.8 Å². The lowest BCUT2D eigenvalue weighted by molar-refractivity contribution is 0.269. The molecule has 0 aliphatic carbocycles. The Hall–Kier alpha value is -1.06. The molecule has 0 saturated heterocycles. The highest BCUT2D eigenvalue weighted by Crippen LogP contribution is 2.24. The van der Waals surface area contributed by atoms with Crippen LogP contribution < -0.4 is 10.5 Å². The third-order valence-corrected chi connectivity index (χ3v) is 2.62. The van der Waals surface area contributed by atoms with Gasteiger partial charge in [0.2, 0.25) is 0 Å². The van der Waals surface area contributed by atoms with Gasteiger partial charge in [0, 0.05) is 18.6 Å². The van der Waals surface area contributed by atoms with Crippen LogP contribution in [0.5, 0.6) is 5.75 Å². The Morgan fingerprint density at radius 1 is 1.33 bits per heavy atom. The molecule has 0 heterocycles. The lowest BCUT2D eigenvalue weighted by atomic mass is 9.90. The molecule has 3 heteroatoms. The van der Waals surface area contributed by atoms with Gasteiger partial charge in [-0.05, 0) is 31.0 Å². The van der Waals surface area contributed by atoms with E-state index in [4.69, 9.17) is 15.6 Å². The van der Waals surface area contributed by atoms with Gasteiger partial charge >= 0.3 is 0 Å². The first-order valence-electron chi connectivity index (χ1n) is 5.19. The van der Waals surface area contributed by atoms with Crippen LogP contribution in [0.4, 0.5) is 0 Å². The van der Waals surface area contributed by atoms with E-state index < -0.39 is 0 Å². The molecule has 2 unspecified atom stereocenters. The molecule has 84 valence electrons. The quantitative estimate of drug-likeness (QED) is 0.772. The van der Waals surface area contributed by atoms with E-state index in [9.17, 15) is 0 Å². The summed E-state index contributed by atoms with van der Waals surface area (Å²) in [5, 5.41) is 8.97. The summed E-state index contributed by atoms with van der Waals surface area (Å²) in [5.41, 5.74) is 7.04. The minimum atomic E-state index is 0.0468. The van der Waals surface area contributed by atoms with Crippen molar-refractivity contribution in [3.05, 3.63) is 29.8 Å². The fourth-order valence-electron chi connectivity index (χ4n) is 1.72. The molecule has 0 aliphatic rings. The molecule has 1 aromatic carbocycles. The molecule has 0 aliphatic heterocycles. The van der Waals surface area contributed by atoms with E-state index in [1.165, 1.54) is 0 Å². The summed E-state index contributed by atoms with van der Waals surface area (Å²) < 4.78 is 5.09. The molecular formula is C12H19NO2.